The molecule has 3 rings (SSSR count). The summed E-state index contributed by atoms with van der Waals surface area (Å²) in [5.74, 6) is -0.0444. The smallest absolute Gasteiger partial charge is 0.317 e. The molecule has 0 aliphatic carbocycles. The number of amides is 3. The van der Waals surface area contributed by atoms with E-state index in [1.54, 1.807) is 28.0 Å². The van der Waals surface area contributed by atoms with Gasteiger partial charge in [-0.05, 0) is 18.2 Å². The Hall–Kier alpha value is -1.76. The average molecular weight is 339 g/mol. The molecule has 106 valence electrons. The molecule has 0 saturated carbocycles. The number of carbonyl (C=O) groups is 2. The van der Waals surface area contributed by atoms with Gasteiger partial charge in [-0.25, -0.2) is 4.79 Å². The fourth-order valence-electron chi connectivity index (χ4n) is 2.71. The van der Waals surface area contributed by atoms with Crippen LogP contribution >= 0.6 is 15.9 Å². The van der Waals surface area contributed by atoms with E-state index < -0.39 is 0 Å². The van der Waals surface area contributed by atoms with Gasteiger partial charge in [0.1, 0.15) is 0 Å². The first kappa shape index (κ1) is 13.2. The van der Waals surface area contributed by atoms with Crippen LogP contribution in [-0.4, -0.2) is 54.0 Å². The molecule has 2 aliphatic heterocycles. The zero-order valence-corrected chi connectivity index (χ0v) is 12.4. The predicted octanol–water partition coefficient (Wildman–Crippen LogP) is 0.881. The van der Waals surface area contributed by atoms with Crippen LogP contribution in [0.1, 0.15) is 10.4 Å². The summed E-state index contributed by atoms with van der Waals surface area (Å²) in [6.45, 7) is 2.29. The Labute approximate surface area is 125 Å². The minimum Gasteiger partial charge on any atom is -0.399 e. The molecule has 1 unspecified atom stereocenters. The van der Waals surface area contributed by atoms with Gasteiger partial charge < -0.3 is 20.9 Å². The third-order valence-electron chi connectivity index (χ3n) is 3.69. The molecule has 0 aromatic heterocycles. The molecular formula is C13H15BrN4O2. The highest BCUT2D eigenvalue weighted by atomic mass is 79.9. The Morgan fingerprint density at radius 2 is 2.15 bits per heavy atom. The number of piperazine rings is 1. The first-order valence-corrected chi connectivity index (χ1v) is 7.24. The molecule has 2 saturated heterocycles. The largest absolute Gasteiger partial charge is 0.399 e. The zero-order valence-electron chi connectivity index (χ0n) is 10.8. The molecule has 2 heterocycles. The van der Waals surface area contributed by atoms with Crippen LogP contribution in [0.4, 0.5) is 10.5 Å². The lowest BCUT2D eigenvalue weighted by Crippen LogP contribution is -2.53. The fraction of sp³-hybridized carbons (Fsp3) is 0.385. The number of rotatable bonds is 1. The quantitative estimate of drug-likeness (QED) is 0.746. The van der Waals surface area contributed by atoms with Gasteiger partial charge in [-0.2, -0.15) is 0 Å². The molecule has 2 aliphatic rings. The summed E-state index contributed by atoms with van der Waals surface area (Å²) in [4.78, 5) is 27.6. The Morgan fingerprint density at radius 3 is 2.90 bits per heavy atom. The topological polar surface area (TPSA) is 78.7 Å². The Balaban J connectivity index is 1.76. The van der Waals surface area contributed by atoms with Gasteiger partial charge in [-0.15, -0.1) is 0 Å². The highest BCUT2D eigenvalue weighted by molar-refractivity contribution is 9.10. The van der Waals surface area contributed by atoms with Crippen LogP contribution in [0.25, 0.3) is 0 Å². The fourth-order valence-corrected chi connectivity index (χ4v) is 3.22. The summed E-state index contributed by atoms with van der Waals surface area (Å²) in [6, 6.07) is 5.24. The van der Waals surface area contributed by atoms with E-state index in [4.69, 9.17) is 5.73 Å². The Morgan fingerprint density at radius 1 is 1.35 bits per heavy atom. The highest BCUT2D eigenvalue weighted by Crippen LogP contribution is 2.21. The van der Waals surface area contributed by atoms with Gasteiger partial charge in [0.15, 0.2) is 0 Å². The number of nitrogen functional groups attached to an aromatic ring is 1. The molecule has 1 aromatic rings. The maximum atomic E-state index is 12.5. The van der Waals surface area contributed by atoms with E-state index in [0.29, 0.717) is 37.4 Å². The van der Waals surface area contributed by atoms with Crippen molar-refractivity contribution in [2.24, 2.45) is 0 Å². The van der Waals surface area contributed by atoms with E-state index in [2.05, 4.69) is 21.2 Å². The first-order chi connectivity index (χ1) is 9.54. The van der Waals surface area contributed by atoms with Gasteiger partial charge in [0.25, 0.3) is 5.91 Å². The normalized spacial score (nSPS) is 21.6. The number of hydrogen-bond donors (Lipinski definition) is 2. The average Bonchev–Trinajstić information content (AvgIpc) is 2.78. The van der Waals surface area contributed by atoms with Gasteiger partial charge in [0, 0.05) is 41.9 Å². The summed E-state index contributed by atoms with van der Waals surface area (Å²) in [6.07, 6.45) is 0. The number of hydrogen-bond acceptors (Lipinski definition) is 3. The lowest BCUT2D eigenvalue weighted by atomic mass is 10.1. The van der Waals surface area contributed by atoms with E-state index >= 15 is 0 Å². The zero-order chi connectivity index (χ0) is 14.3. The van der Waals surface area contributed by atoms with E-state index in [1.807, 2.05) is 0 Å². The molecule has 6 nitrogen and oxygen atoms in total. The van der Waals surface area contributed by atoms with E-state index in [9.17, 15) is 9.59 Å². The molecule has 3 N–H and O–H groups in total. The van der Waals surface area contributed by atoms with Crippen LogP contribution in [0.2, 0.25) is 0 Å². The molecule has 1 aromatic carbocycles. The van der Waals surface area contributed by atoms with Gasteiger partial charge in [-0.1, -0.05) is 15.9 Å². The second-order valence-electron chi connectivity index (χ2n) is 5.06. The number of nitrogens with zero attached hydrogens (tertiary/aromatic N) is 2. The van der Waals surface area contributed by atoms with Crippen molar-refractivity contribution in [3.8, 4) is 0 Å². The van der Waals surface area contributed by atoms with Crippen molar-refractivity contribution in [2.75, 3.05) is 31.9 Å². The molecular weight excluding hydrogens is 324 g/mol. The van der Waals surface area contributed by atoms with E-state index in [1.165, 1.54) is 0 Å². The van der Waals surface area contributed by atoms with Crippen LogP contribution in [0.5, 0.6) is 0 Å². The molecule has 0 radical (unpaired) electrons. The summed E-state index contributed by atoms with van der Waals surface area (Å²) < 4.78 is 0.789. The number of halogens is 1. The third-order valence-corrected chi connectivity index (χ3v) is 4.14. The standard InChI is InChI=1S/C13H15BrN4O2/c14-9-3-8(4-10(15)5-9)12(19)17-1-2-18-11(7-17)6-16-13(18)20/h3-5,11H,1-2,6-7,15H2,(H,16,20). The van der Waals surface area contributed by atoms with Crippen LogP contribution in [0.15, 0.2) is 22.7 Å². The van der Waals surface area contributed by atoms with Crippen molar-refractivity contribution >= 4 is 33.6 Å². The molecule has 0 spiro atoms. The number of carbonyl (C=O) groups excluding carboxylic acids is 2. The van der Waals surface area contributed by atoms with Crippen LogP contribution < -0.4 is 11.1 Å². The van der Waals surface area contributed by atoms with Crippen molar-refractivity contribution in [2.45, 2.75) is 6.04 Å². The second kappa shape index (κ2) is 4.97. The highest BCUT2D eigenvalue weighted by Gasteiger charge is 2.37. The number of nitrogens with two attached hydrogens (primary N) is 1. The minimum atomic E-state index is -0.0444. The molecule has 3 amide bonds. The molecule has 2 fully saturated rings. The molecule has 20 heavy (non-hydrogen) atoms. The van der Waals surface area contributed by atoms with E-state index in [-0.39, 0.29) is 18.0 Å². The first-order valence-electron chi connectivity index (χ1n) is 6.44. The number of anilines is 1. The summed E-state index contributed by atoms with van der Waals surface area (Å²) in [7, 11) is 0. The monoisotopic (exact) mass is 338 g/mol. The molecule has 0 bridgehead atoms. The number of fused-ring (bicyclic) bond motifs is 1. The third kappa shape index (κ3) is 2.33. The van der Waals surface area contributed by atoms with Crippen LogP contribution in [-0.2, 0) is 0 Å². The minimum absolute atomic E-state index is 0.0335. The van der Waals surface area contributed by atoms with Gasteiger partial charge in [-0.3, -0.25) is 4.79 Å². The lowest BCUT2D eigenvalue weighted by Gasteiger charge is -2.36. The number of benzene rings is 1. The maximum absolute atomic E-state index is 12.5. The Kier molecular flexibility index (Phi) is 3.29. The lowest BCUT2D eigenvalue weighted by molar-refractivity contribution is 0.0617. The predicted molar refractivity (Wildman–Crippen MR) is 78.4 cm³/mol. The van der Waals surface area contributed by atoms with Crippen molar-refractivity contribution < 1.29 is 9.59 Å². The van der Waals surface area contributed by atoms with Crippen molar-refractivity contribution in [1.29, 1.82) is 0 Å². The van der Waals surface area contributed by atoms with Crippen LogP contribution in [0, 0.1) is 0 Å². The second-order valence-corrected chi connectivity index (χ2v) is 5.97. The maximum Gasteiger partial charge on any atom is 0.317 e. The van der Waals surface area contributed by atoms with Gasteiger partial charge >= 0.3 is 6.03 Å². The number of urea groups is 1. The SMILES string of the molecule is Nc1cc(Br)cc(C(=O)N2CCN3C(=O)NCC3C2)c1. The number of nitrogens with one attached hydrogen (secondary N) is 1. The Bertz CT molecular complexity index is 557. The van der Waals surface area contributed by atoms with Crippen molar-refractivity contribution in [3.63, 3.8) is 0 Å². The van der Waals surface area contributed by atoms with Gasteiger partial charge in [0.2, 0.25) is 0 Å². The molecule has 7 heteroatoms. The summed E-state index contributed by atoms with van der Waals surface area (Å²) >= 11 is 3.34. The van der Waals surface area contributed by atoms with Crippen LogP contribution in [0.3, 0.4) is 0 Å². The summed E-state index contributed by atoms with van der Waals surface area (Å²) in [5, 5.41) is 2.80. The molecule has 1 atom stereocenters. The van der Waals surface area contributed by atoms with E-state index in [0.717, 1.165) is 4.47 Å². The summed E-state index contributed by atoms with van der Waals surface area (Å²) in [5.41, 5.74) is 6.89. The van der Waals surface area contributed by atoms with Gasteiger partial charge in [0.05, 0.1) is 6.04 Å². The van der Waals surface area contributed by atoms with Crippen molar-refractivity contribution in [3.05, 3.63) is 28.2 Å². The van der Waals surface area contributed by atoms with Crippen molar-refractivity contribution in [1.82, 2.24) is 15.1 Å².